The number of amides is 1. The fourth-order valence-electron chi connectivity index (χ4n) is 3.92. The van der Waals surface area contributed by atoms with E-state index in [0.717, 1.165) is 28.1 Å². The molecule has 1 aliphatic heterocycles. The number of nitrogens with zero attached hydrogens (tertiary/aromatic N) is 3. The van der Waals surface area contributed by atoms with Crippen molar-refractivity contribution < 1.29 is 9.53 Å². The lowest BCUT2D eigenvalue weighted by Crippen LogP contribution is -2.48. The van der Waals surface area contributed by atoms with Gasteiger partial charge in [0.1, 0.15) is 5.69 Å². The largest absolute Gasteiger partial charge is 0.372 e. The highest BCUT2D eigenvalue weighted by molar-refractivity contribution is 5.94. The lowest BCUT2D eigenvalue weighted by atomic mass is 10.1. The quantitative estimate of drug-likeness (QED) is 0.667. The molecule has 0 bridgehead atoms. The number of ether oxygens (including phenoxy) is 1. The van der Waals surface area contributed by atoms with Gasteiger partial charge in [0.25, 0.3) is 5.91 Å². The zero-order valence-electron chi connectivity index (χ0n) is 17.4. The Labute approximate surface area is 171 Å². The van der Waals surface area contributed by atoms with Crippen LogP contribution in [0.1, 0.15) is 35.5 Å². The average Bonchev–Trinajstić information content (AvgIpc) is 3.14. The third-order valence-corrected chi connectivity index (χ3v) is 5.30. The van der Waals surface area contributed by atoms with Gasteiger partial charge >= 0.3 is 0 Å². The molecule has 4 rings (SSSR count). The summed E-state index contributed by atoms with van der Waals surface area (Å²) in [5.74, 6) is -0.0115. The summed E-state index contributed by atoms with van der Waals surface area (Å²) < 4.78 is 7.61. The Balaban J connectivity index is 1.82. The van der Waals surface area contributed by atoms with E-state index in [9.17, 15) is 4.79 Å². The van der Waals surface area contributed by atoms with Gasteiger partial charge in [-0.25, -0.2) is 4.68 Å². The molecule has 0 radical (unpaired) electrons. The predicted octanol–water partition coefficient (Wildman–Crippen LogP) is 4.41. The SMILES string of the molecule is Cc1ccc(C)c(-n2nc(-c3ccccc3)cc2C(=O)N2C[C@H](C)O[C@@H](C)C2)c1. The van der Waals surface area contributed by atoms with E-state index in [1.54, 1.807) is 4.68 Å². The van der Waals surface area contributed by atoms with Crippen molar-refractivity contribution in [1.82, 2.24) is 14.7 Å². The average molecular weight is 389 g/mol. The maximum absolute atomic E-state index is 13.5. The van der Waals surface area contributed by atoms with Crippen molar-refractivity contribution >= 4 is 5.91 Å². The van der Waals surface area contributed by atoms with Gasteiger partial charge in [-0.2, -0.15) is 5.10 Å². The van der Waals surface area contributed by atoms with E-state index >= 15 is 0 Å². The van der Waals surface area contributed by atoms with Crippen molar-refractivity contribution in [2.75, 3.05) is 13.1 Å². The van der Waals surface area contributed by atoms with Gasteiger partial charge < -0.3 is 9.64 Å². The number of hydrogen-bond acceptors (Lipinski definition) is 3. The van der Waals surface area contributed by atoms with E-state index < -0.39 is 0 Å². The molecule has 2 heterocycles. The van der Waals surface area contributed by atoms with Crippen LogP contribution in [0.5, 0.6) is 0 Å². The van der Waals surface area contributed by atoms with E-state index in [4.69, 9.17) is 9.84 Å². The molecule has 2 atom stereocenters. The maximum atomic E-state index is 13.5. The summed E-state index contributed by atoms with van der Waals surface area (Å²) in [5.41, 5.74) is 5.52. The standard InChI is InChI=1S/C24H27N3O2/c1-16-10-11-17(2)22(12-16)27-23(13-21(25-27)20-8-6-5-7-9-20)24(28)26-14-18(3)29-19(4)15-26/h5-13,18-19H,14-15H2,1-4H3/t18-,19-/m0/s1. The number of hydrogen-bond donors (Lipinski definition) is 0. The molecule has 0 aliphatic carbocycles. The molecule has 5 nitrogen and oxygen atoms in total. The second-order valence-electron chi connectivity index (χ2n) is 7.95. The van der Waals surface area contributed by atoms with Gasteiger partial charge in [0, 0.05) is 18.7 Å². The van der Waals surface area contributed by atoms with Crippen LogP contribution in [-0.2, 0) is 4.74 Å². The van der Waals surface area contributed by atoms with Crippen LogP contribution in [0.25, 0.3) is 16.9 Å². The van der Waals surface area contributed by atoms with Crippen LogP contribution < -0.4 is 0 Å². The number of carbonyl (C=O) groups is 1. The number of rotatable bonds is 3. The summed E-state index contributed by atoms with van der Waals surface area (Å²) in [7, 11) is 0. The summed E-state index contributed by atoms with van der Waals surface area (Å²) in [5, 5.41) is 4.84. The number of aromatic nitrogens is 2. The summed E-state index contributed by atoms with van der Waals surface area (Å²) >= 11 is 0. The fraction of sp³-hybridized carbons (Fsp3) is 0.333. The molecule has 1 fully saturated rings. The summed E-state index contributed by atoms with van der Waals surface area (Å²) in [4.78, 5) is 15.4. The van der Waals surface area contributed by atoms with Gasteiger partial charge in [0.05, 0.1) is 23.6 Å². The van der Waals surface area contributed by atoms with Crippen molar-refractivity contribution in [1.29, 1.82) is 0 Å². The van der Waals surface area contributed by atoms with E-state index in [-0.39, 0.29) is 18.1 Å². The lowest BCUT2D eigenvalue weighted by molar-refractivity contribution is -0.0588. The monoisotopic (exact) mass is 389 g/mol. The first-order chi connectivity index (χ1) is 13.9. The Bertz CT molecular complexity index is 1020. The van der Waals surface area contributed by atoms with Crippen molar-refractivity contribution in [3.8, 4) is 16.9 Å². The molecule has 0 saturated carbocycles. The third-order valence-electron chi connectivity index (χ3n) is 5.30. The normalized spacial score (nSPS) is 19.4. The van der Waals surface area contributed by atoms with E-state index in [1.165, 1.54) is 0 Å². The molecular weight excluding hydrogens is 362 g/mol. The van der Waals surface area contributed by atoms with Crippen LogP contribution in [-0.4, -0.2) is 45.9 Å². The Hall–Kier alpha value is -2.92. The van der Waals surface area contributed by atoms with Crippen molar-refractivity contribution in [3.05, 3.63) is 71.4 Å². The van der Waals surface area contributed by atoms with E-state index in [2.05, 4.69) is 25.1 Å². The van der Waals surface area contributed by atoms with Gasteiger partial charge in [-0.3, -0.25) is 4.79 Å². The van der Waals surface area contributed by atoms with Crippen molar-refractivity contribution in [3.63, 3.8) is 0 Å². The Morgan fingerprint density at radius 1 is 1.00 bits per heavy atom. The Morgan fingerprint density at radius 2 is 1.69 bits per heavy atom. The number of aryl methyl sites for hydroxylation is 2. The summed E-state index contributed by atoms with van der Waals surface area (Å²) in [6.07, 6.45) is 0.0433. The Kier molecular flexibility index (Phi) is 5.24. The highest BCUT2D eigenvalue weighted by Crippen LogP contribution is 2.25. The van der Waals surface area contributed by atoms with Crippen LogP contribution in [0.15, 0.2) is 54.6 Å². The highest BCUT2D eigenvalue weighted by Gasteiger charge is 2.29. The second kappa shape index (κ2) is 7.84. The molecule has 29 heavy (non-hydrogen) atoms. The topological polar surface area (TPSA) is 47.4 Å². The zero-order chi connectivity index (χ0) is 20.5. The van der Waals surface area contributed by atoms with Gasteiger partial charge in [0.2, 0.25) is 0 Å². The molecule has 2 aromatic carbocycles. The van der Waals surface area contributed by atoms with Crippen molar-refractivity contribution in [2.45, 2.75) is 39.9 Å². The zero-order valence-corrected chi connectivity index (χ0v) is 17.4. The number of carbonyl (C=O) groups excluding carboxylic acids is 1. The molecule has 3 aromatic rings. The molecule has 1 amide bonds. The molecular formula is C24H27N3O2. The molecule has 1 aromatic heterocycles. The van der Waals surface area contributed by atoms with E-state index in [0.29, 0.717) is 18.8 Å². The molecule has 0 spiro atoms. The predicted molar refractivity (Wildman–Crippen MR) is 114 cm³/mol. The molecule has 1 saturated heterocycles. The van der Waals surface area contributed by atoms with Crippen LogP contribution in [0.3, 0.4) is 0 Å². The number of benzene rings is 2. The minimum absolute atomic E-state index is 0.0115. The molecule has 0 N–H and O–H groups in total. The minimum Gasteiger partial charge on any atom is -0.372 e. The highest BCUT2D eigenvalue weighted by atomic mass is 16.5. The van der Waals surface area contributed by atoms with Crippen LogP contribution in [0, 0.1) is 13.8 Å². The van der Waals surface area contributed by atoms with E-state index in [1.807, 2.05) is 62.1 Å². The first-order valence-corrected chi connectivity index (χ1v) is 10.1. The Morgan fingerprint density at radius 3 is 2.38 bits per heavy atom. The smallest absolute Gasteiger partial charge is 0.272 e. The van der Waals surface area contributed by atoms with Gasteiger partial charge in [0.15, 0.2) is 0 Å². The third kappa shape index (κ3) is 3.96. The van der Waals surface area contributed by atoms with Crippen molar-refractivity contribution in [2.24, 2.45) is 0 Å². The van der Waals surface area contributed by atoms with Crippen LogP contribution >= 0.6 is 0 Å². The molecule has 1 aliphatic rings. The molecule has 5 heteroatoms. The van der Waals surface area contributed by atoms with Crippen LogP contribution in [0.2, 0.25) is 0 Å². The first-order valence-electron chi connectivity index (χ1n) is 10.1. The van der Waals surface area contributed by atoms with Gasteiger partial charge in [-0.15, -0.1) is 0 Å². The van der Waals surface area contributed by atoms with Crippen LogP contribution in [0.4, 0.5) is 0 Å². The minimum atomic E-state index is -0.0115. The second-order valence-corrected chi connectivity index (χ2v) is 7.95. The molecule has 150 valence electrons. The lowest BCUT2D eigenvalue weighted by Gasteiger charge is -2.35. The molecule has 0 unspecified atom stereocenters. The first kappa shape index (κ1) is 19.4. The van der Waals surface area contributed by atoms with Gasteiger partial charge in [-0.05, 0) is 51.0 Å². The summed E-state index contributed by atoms with van der Waals surface area (Å²) in [6, 6.07) is 18.1. The summed E-state index contributed by atoms with van der Waals surface area (Å²) in [6.45, 7) is 9.29. The fourth-order valence-corrected chi connectivity index (χ4v) is 3.92. The number of morpholine rings is 1. The maximum Gasteiger partial charge on any atom is 0.272 e. The van der Waals surface area contributed by atoms with Gasteiger partial charge in [-0.1, -0.05) is 42.5 Å².